The van der Waals surface area contributed by atoms with E-state index in [1.54, 1.807) is 12.1 Å². The van der Waals surface area contributed by atoms with Gasteiger partial charge in [0.15, 0.2) is 0 Å². The molecule has 2 aromatic carbocycles. The Morgan fingerprint density at radius 1 is 0.955 bits per heavy atom. The van der Waals surface area contributed by atoms with Gasteiger partial charge in [-0.25, -0.2) is 0 Å². The third-order valence-electron chi connectivity index (χ3n) is 3.28. The Kier molecular flexibility index (Phi) is 3.75. The molecule has 2 aromatic rings. The highest BCUT2D eigenvalue weighted by molar-refractivity contribution is 6.02. The van der Waals surface area contributed by atoms with Gasteiger partial charge in [-0.1, -0.05) is 18.2 Å². The number of rotatable bonds is 3. The van der Waals surface area contributed by atoms with Crippen LogP contribution in [0.4, 0.5) is 18.9 Å². The lowest BCUT2D eigenvalue weighted by Crippen LogP contribution is -2.17. The van der Waals surface area contributed by atoms with Gasteiger partial charge in [0.1, 0.15) is 5.75 Å². The zero-order valence-electron chi connectivity index (χ0n) is 11.5. The van der Waals surface area contributed by atoms with E-state index < -0.39 is 6.36 Å². The van der Waals surface area contributed by atoms with Crippen LogP contribution in [0.3, 0.4) is 0 Å². The number of hydrogen-bond acceptors (Lipinski definition) is 3. The number of para-hydroxylation sites is 1. The Labute approximate surface area is 125 Å². The summed E-state index contributed by atoms with van der Waals surface area (Å²) in [5, 5.41) is 6.40. The molecule has 0 bridgehead atoms. The molecule has 1 aliphatic heterocycles. The minimum atomic E-state index is -4.67. The van der Waals surface area contributed by atoms with Crippen LogP contribution in [0.5, 0.6) is 5.75 Å². The lowest BCUT2D eigenvalue weighted by atomic mass is 10.1. The normalized spacial score (nSPS) is 14.9. The van der Waals surface area contributed by atoms with E-state index in [0.29, 0.717) is 0 Å². The number of anilines is 1. The van der Waals surface area contributed by atoms with Crippen molar-refractivity contribution in [3.05, 3.63) is 60.2 Å². The summed E-state index contributed by atoms with van der Waals surface area (Å²) in [6.07, 6.45) is -3.93. The number of hydrazone groups is 1. The van der Waals surface area contributed by atoms with Gasteiger partial charge in [-0.3, -0.25) is 5.01 Å². The second-order valence-electron chi connectivity index (χ2n) is 4.83. The van der Waals surface area contributed by atoms with E-state index in [1.807, 2.05) is 35.3 Å². The molecule has 3 nitrogen and oxygen atoms in total. The first-order valence-electron chi connectivity index (χ1n) is 6.77. The van der Waals surface area contributed by atoms with Crippen LogP contribution in [0.1, 0.15) is 12.0 Å². The first-order chi connectivity index (χ1) is 10.5. The zero-order chi connectivity index (χ0) is 15.6. The van der Waals surface area contributed by atoms with Crippen LogP contribution in [0.15, 0.2) is 59.7 Å². The van der Waals surface area contributed by atoms with Gasteiger partial charge in [0, 0.05) is 13.0 Å². The molecule has 0 spiro atoms. The predicted molar refractivity (Wildman–Crippen MR) is 78.1 cm³/mol. The fourth-order valence-electron chi connectivity index (χ4n) is 2.30. The number of nitrogens with zero attached hydrogens (tertiary/aromatic N) is 2. The Morgan fingerprint density at radius 3 is 2.27 bits per heavy atom. The standard InChI is InChI=1S/C16H13F3N2O/c17-16(18,19)22-14-8-6-12(7-9-14)15-10-11-21(20-15)13-4-2-1-3-5-13/h1-9H,10-11H2. The molecule has 0 N–H and O–H groups in total. The van der Waals surface area contributed by atoms with E-state index in [2.05, 4.69) is 9.84 Å². The molecule has 3 rings (SSSR count). The smallest absolute Gasteiger partial charge is 0.406 e. The summed E-state index contributed by atoms with van der Waals surface area (Å²) in [6, 6.07) is 15.5. The van der Waals surface area contributed by atoms with Gasteiger partial charge in [0.2, 0.25) is 0 Å². The van der Waals surface area contributed by atoms with Gasteiger partial charge < -0.3 is 4.74 Å². The lowest BCUT2D eigenvalue weighted by molar-refractivity contribution is -0.274. The van der Waals surface area contributed by atoms with Gasteiger partial charge >= 0.3 is 6.36 Å². The molecule has 0 radical (unpaired) electrons. The van der Waals surface area contributed by atoms with Gasteiger partial charge in [-0.2, -0.15) is 5.10 Å². The highest BCUT2D eigenvalue weighted by Gasteiger charge is 2.31. The molecule has 0 amide bonds. The molecule has 1 heterocycles. The SMILES string of the molecule is FC(F)(F)Oc1ccc(C2=NN(c3ccccc3)CC2)cc1. The van der Waals surface area contributed by atoms with Gasteiger partial charge in [0.05, 0.1) is 11.4 Å². The van der Waals surface area contributed by atoms with Gasteiger partial charge in [-0.05, 0) is 42.0 Å². The lowest BCUT2D eigenvalue weighted by Gasteiger charge is -2.12. The maximum atomic E-state index is 12.1. The molecule has 0 atom stereocenters. The van der Waals surface area contributed by atoms with Crippen LogP contribution >= 0.6 is 0 Å². The summed E-state index contributed by atoms with van der Waals surface area (Å²) in [7, 11) is 0. The summed E-state index contributed by atoms with van der Waals surface area (Å²) in [5.74, 6) is -0.227. The first-order valence-corrected chi connectivity index (χ1v) is 6.77. The molecule has 0 saturated heterocycles. The highest BCUT2D eigenvalue weighted by Crippen LogP contribution is 2.25. The van der Waals surface area contributed by atoms with Crippen molar-refractivity contribution in [2.75, 3.05) is 11.6 Å². The van der Waals surface area contributed by atoms with Crippen molar-refractivity contribution in [3.8, 4) is 5.75 Å². The largest absolute Gasteiger partial charge is 0.573 e. The predicted octanol–water partition coefficient (Wildman–Crippen LogP) is 4.20. The second-order valence-corrected chi connectivity index (χ2v) is 4.83. The van der Waals surface area contributed by atoms with Crippen molar-refractivity contribution < 1.29 is 17.9 Å². The maximum absolute atomic E-state index is 12.1. The van der Waals surface area contributed by atoms with Crippen molar-refractivity contribution >= 4 is 11.4 Å². The molecule has 6 heteroatoms. The first kappa shape index (κ1) is 14.4. The van der Waals surface area contributed by atoms with Crippen LogP contribution in [0.2, 0.25) is 0 Å². The topological polar surface area (TPSA) is 24.8 Å². The summed E-state index contributed by atoms with van der Waals surface area (Å²) >= 11 is 0. The zero-order valence-corrected chi connectivity index (χ0v) is 11.5. The van der Waals surface area contributed by atoms with Crippen molar-refractivity contribution in [1.82, 2.24) is 0 Å². The van der Waals surface area contributed by atoms with Crippen LogP contribution in [-0.4, -0.2) is 18.6 Å². The highest BCUT2D eigenvalue weighted by atomic mass is 19.4. The molecule has 0 unspecified atom stereocenters. The molecule has 22 heavy (non-hydrogen) atoms. The van der Waals surface area contributed by atoms with Gasteiger partial charge in [-0.15, -0.1) is 13.2 Å². The third kappa shape index (κ3) is 3.39. The third-order valence-corrected chi connectivity index (χ3v) is 3.28. The van der Waals surface area contributed by atoms with Crippen molar-refractivity contribution in [3.63, 3.8) is 0 Å². The van der Waals surface area contributed by atoms with E-state index in [4.69, 9.17) is 0 Å². The number of halogens is 3. The molecular weight excluding hydrogens is 293 g/mol. The van der Waals surface area contributed by atoms with Crippen LogP contribution in [-0.2, 0) is 0 Å². The average Bonchev–Trinajstić information content (AvgIpc) is 2.97. The second kappa shape index (κ2) is 5.71. The fraction of sp³-hybridized carbons (Fsp3) is 0.188. The molecule has 0 aliphatic carbocycles. The monoisotopic (exact) mass is 306 g/mol. The quantitative estimate of drug-likeness (QED) is 0.849. The Morgan fingerprint density at radius 2 is 1.64 bits per heavy atom. The van der Waals surface area contributed by atoms with E-state index in [1.165, 1.54) is 12.1 Å². The summed E-state index contributed by atoms with van der Waals surface area (Å²) in [6.45, 7) is 0.750. The Bertz CT molecular complexity index is 666. The summed E-state index contributed by atoms with van der Waals surface area (Å²) in [5.41, 5.74) is 2.64. The average molecular weight is 306 g/mol. The number of hydrogen-bond donors (Lipinski definition) is 0. The number of ether oxygens (including phenoxy) is 1. The molecular formula is C16H13F3N2O. The van der Waals surface area contributed by atoms with E-state index in [-0.39, 0.29) is 5.75 Å². The van der Waals surface area contributed by atoms with Crippen LogP contribution in [0, 0.1) is 0 Å². The number of alkyl halides is 3. The summed E-state index contributed by atoms with van der Waals surface area (Å²) < 4.78 is 40.2. The fourth-order valence-corrected chi connectivity index (χ4v) is 2.30. The maximum Gasteiger partial charge on any atom is 0.573 e. The van der Waals surface area contributed by atoms with Crippen LogP contribution in [0.25, 0.3) is 0 Å². The molecule has 114 valence electrons. The van der Waals surface area contributed by atoms with Gasteiger partial charge in [0.25, 0.3) is 0 Å². The van der Waals surface area contributed by atoms with Crippen LogP contribution < -0.4 is 9.75 Å². The van der Waals surface area contributed by atoms with Crippen molar-refractivity contribution in [2.45, 2.75) is 12.8 Å². The Hall–Kier alpha value is -2.50. The van der Waals surface area contributed by atoms with E-state index in [9.17, 15) is 13.2 Å². The number of benzene rings is 2. The van der Waals surface area contributed by atoms with Crippen molar-refractivity contribution in [2.24, 2.45) is 5.10 Å². The molecule has 1 aliphatic rings. The molecule has 0 aromatic heterocycles. The van der Waals surface area contributed by atoms with Crippen molar-refractivity contribution in [1.29, 1.82) is 0 Å². The minimum absolute atomic E-state index is 0.227. The molecule has 0 saturated carbocycles. The van der Waals surface area contributed by atoms with E-state index >= 15 is 0 Å². The Balaban J connectivity index is 1.75. The molecule has 0 fully saturated rings. The summed E-state index contributed by atoms with van der Waals surface area (Å²) in [4.78, 5) is 0. The van der Waals surface area contributed by atoms with E-state index in [0.717, 1.165) is 29.9 Å². The minimum Gasteiger partial charge on any atom is -0.406 e.